The average Bonchev–Trinajstić information content (AvgIpc) is 2.48. The molecule has 2 aromatic rings. The molecule has 0 spiro atoms. The normalized spacial score (nSPS) is 10.2. The number of rotatable bonds is 3. The molecule has 0 aliphatic carbocycles. The van der Waals surface area contributed by atoms with Gasteiger partial charge in [-0.25, -0.2) is 5.26 Å². The van der Waals surface area contributed by atoms with Crippen LogP contribution in [0.15, 0.2) is 54.6 Å². The Morgan fingerprint density at radius 2 is 1.30 bits per heavy atom. The van der Waals surface area contributed by atoms with E-state index < -0.39 is 0 Å². The summed E-state index contributed by atoms with van der Waals surface area (Å²) in [4.78, 5) is 4.21. The Balaban J connectivity index is 0.000000204. The predicted octanol–water partition coefficient (Wildman–Crippen LogP) is 5.47. The summed E-state index contributed by atoms with van der Waals surface area (Å²) in [5.41, 5.74) is 2.44. The fourth-order valence-corrected chi connectivity index (χ4v) is 1.88. The summed E-state index contributed by atoms with van der Waals surface area (Å²) in [5, 5.41) is 8.47. The van der Waals surface area contributed by atoms with Crippen molar-refractivity contribution >= 4 is 0 Å². The minimum atomic E-state index is 0.373. The second-order valence-corrected chi connectivity index (χ2v) is 5.35. The molecule has 2 rings (SSSR count). The lowest BCUT2D eigenvalue weighted by Gasteiger charge is -2.08. The van der Waals surface area contributed by atoms with E-state index in [9.17, 15) is 0 Å². The molecule has 0 aromatic heterocycles. The van der Waals surface area contributed by atoms with Gasteiger partial charge in [-0.15, -0.1) is 0 Å². The molecule has 108 valence electrons. The molecule has 0 bridgehead atoms. The van der Waals surface area contributed by atoms with E-state index >= 15 is 0 Å². The van der Waals surface area contributed by atoms with E-state index in [1.807, 2.05) is 24.3 Å². The minimum Gasteiger partial charge on any atom is -0.340 e. The molecule has 2 nitrogen and oxygen atoms in total. The van der Waals surface area contributed by atoms with Gasteiger partial charge in [0.05, 0.1) is 0 Å². The molecule has 2 aromatic carbocycles. The summed E-state index contributed by atoms with van der Waals surface area (Å²) in [6.07, 6.45) is 0. The highest BCUT2D eigenvalue weighted by Gasteiger charge is 2.05. The molecule has 0 amide bonds. The van der Waals surface area contributed by atoms with Gasteiger partial charge in [-0.05, 0) is 23.5 Å². The SMILES string of the molecule is CC(C)c1ccccc1.CC(C)c1ccccc1OO. The Hall–Kier alpha value is -1.80. The Bertz CT molecular complexity index is 490. The van der Waals surface area contributed by atoms with Gasteiger partial charge in [-0.1, -0.05) is 76.2 Å². The summed E-state index contributed by atoms with van der Waals surface area (Å²) in [5.74, 6) is 1.58. The van der Waals surface area contributed by atoms with Crippen LogP contribution in [-0.4, -0.2) is 5.26 Å². The second kappa shape index (κ2) is 8.39. The second-order valence-electron chi connectivity index (χ2n) is 5.35. The van der Waals surface area contributed by atoms with Gasteiger partial charge >= 0.3 is 0 Å². The molecule has 2 heteroatoms. The van der Waals surface area contributed by atoms with Gasteiger partial charge in [-0.3, -0.25) is 0 Å². The third-order valence-corrected chi connectivity index (χ3v) is 3.11. The zero-order chi connectivity index (χ0) is 15.0. The highest BCUT2D eigenvalue weighted by atomic mass is 17.1. The Morgan fingerprint density at radius 3 is 1.70 bits per heavy atom. The molecule has 0 aliphatic rings. The van der Waals surface area contributed by atoms with E-state index in [0.29, 0.717) is 17.6 Å². The van der Waals surface area contributed by atoms with Crippen LogP contribution in [0.5, 0.6) is 5.75 Å². The van der Waals surface area contributed by atoms with Crippen LogP contribution in [0.2, 0.25) is 0 Å². The average molecular weight is 272 g/mol. The molecule has 0 atom stereocenters. The van der Waals surface area contributed by atoms with Crippen LogP contribution in [0.3, 0.4) is 0 Å². The Labute approximate surface area is 122 Å². The van der Waals surface area contributed by atoms with Crippen LogP contribution < -0.4 is 4.89 Å². The zero-order valence-electron chi connectivity index (χ0n) is 12.7. The van der Waals surface area contributed by atoms with E-state index in [1.165, 1.54) is 5.56 Å². The van der Waals surface area contributed by atoms with Gasteiger partial charge in [0.15, 0.2) is 5.75 Å². The van der Waals surface area contributed by atoms with Gasteiger partial charge < -0.3 is 4.89 Å². The standard InChI is InChI=1S/C9H12O2.C9H12/c1-7(2)8-5-3-4-6-9(8)11-10;1-8(2)9-6-4-3-5-7-9/h3-7,10H,1-2H3;3-8H,1-2H3. The lowest BCUT2D eigenvalue weighted by Crippen LogP contribution is -1.93. The third kappa shape index (κ3) is 5.06. The van der Waals surface area contributed by atoms with Crippen LogP contribution in [0.1, 0.15) is 50.7 Å². The summed E-state index contributed by atoms with van der Waals surface area (Å²) < 4.78 is 0. The number of hydrogen-bond donors (Lipinski definition) is 1. The van der Waals surface area contributed by atoms with Gasteiger partial charge in [0.2, 0.25) is 0 Å². The maximum atomic E-state index is 8.47. The van der Waals surface area contributed by atoms with Crippen LogP contribution in [0, 0.1) is 0 Å². The van der Waals surface area contributed by atoms with Crippen molar-refractivity contribution in [3.8, 4) is 5.75 Å². The van der Waals surface area contributed by atoms with Crippen molar-refractivity contribution in [2.45, 2.75) is 39.5 Å². The summed E-state index contributed by atoms with van der Waals surface area (Å²) in [6, 6.07) is 18.0. The lowest BCUT2D eigenvalue weighted by atomic mass is 10.0. The zero-order valence-corrected chi connectivity index (χ0v) is 12.7. The monoisotopic (exact) mass is 272 g/mol. The Kier molecular flexibility index (Phi) is 6.82. The van der Waals surface area contributed by atoms with Crippen molar-refractivity contribution in [2.75, 3.05) is 0 Å². The maximum Gasteiger partial charge on any atom is 0.168 e. The first-order valence-electron chi connectivity index (χ1n) is 7.01. The van der Waals surface area contributed by atoms with E-state index in [1.54, 1.807) is 6.07 Å². The van der Waals surface area contributed by atoms with Gasteiger partial charge in [-0.2, -0.15) is 0 Å². The molecule has 0 saturated carbocycles. The van der Waals surface area contributed by atoms with Crippen molar-refractivity contribution < 1.29 is 10.1 Å². The third-order valence-electron chi connectivity index (χ3n) is 3.11. The quantitative estimate of drug-likeness (QED) is 0.593. The fraction of sp³-hybridized carbons (Fsp3) is 0.333. The van der Waals surface area contributed by atoms with Crippen LogP contribution in [0.25, 0.3) is 0 Å². The van der Waals surface area contributed by atoms with Gasteiger partial charge in [0, 0.05) is 5.56 Å². The topological polar surface area (TPSA) is 29.5 Å². The Morgan fingerprint density at radius 1 is 0.750 bits per heavy atom. The maximum absolute atomic E-state index is 8.47. The predicted molar refractivity (Wildman–Crippen MR) is 84.3 cm³/mol. The fourth-order valence-electron chi connectivity index (χ4n) is 1.88. The molecule has 0 heterocycles. The number of hydrogen-bond acceptors (Lipinski definition) is 2. The van der Waals surface area contributed by atoms with Gasteiger partial charge in [0.25, 0.3) is 0 Å². The number of benzene rings is 2. The first-order valence-corrected chi connectivity index (χ1v) is 7.01. The van der Waals surface area contributed by atoms with Crippen molar-refractivity contribution in [1.82, 2.24) is 0 Å². The molecular formula is C18H24O2. The van der Waals surface area contributed by atoms with Crippen molar-refractivity contribution in [3.05, 3.63) is 65.7 Å². The molecule has 0 saturated heterocycles. The van der Waals surface area contributed by atoms with E-state index in [2.05, 4.69) is 56.8 Å². The molecule has 0 aliphatic heterocycles. The highest BCUT2D eigenvalue weighted by molar-refractivity contribution is 5.34. The lowest BCUT2D eigenvalue weighted by molar-refractivity contribution is -0.138. The van der Waals surface area contributed by atoms with E-state index in [0.717, 1.165) is 5.56 Å². The summed E-state index contributed by atoms with van der Waals surface area (Å²) >= 11 is 0. The van der Waals surface area contributed by atoms with Crippen molar-refractivity contribution in [1.29, 1.82) is 0 Å². The van der Waals surface area contributed by atoms with Gasteiger partial charge in [0.1, 0.15) is 0 Å². The van der Waals surface area contributed by atoms with Crippen LogP contribution in [-0.2, 0) is 0 Å². The number of para-hydroxylation sites is 1. The molecule has 1 N–H and O–H groups in total. The first kappa shape index (κ1) is 16.3. The smallest absolute Gasteiger partial charge is 0.168 e. The molecule has 0 fully saturated rings. The molecule has 0 radical (unpaired) electrons. The van der Waals surface area contributed by atoms with Crippen LogP contribution in [0.4, 0.5) is 0 Å². The van der Waals surface area contributed by atoms with Crippen LogP contribution >= 0.6 is 0 Å². The molecular weight excluding hydrogens is 248 g/mol. The highest BCUT2D eigenvalue weighted by Crippen LogP contribution is 2.24. The van der Waals surface area contributed by atoms with E-state index in [4.69, 9.17) is 5.26 Å². The minimum absolute atomic E-state index is 0.373. The van der Waals surface area contributed by atoms with Crippen molar-refractivity contribution in [2.24, 2.45) is 0 Å². The van der Waals surface area contributed by atoms with Crippen molar-refractivity contribution in [3.63, 3.8) is 0 Å². The largest absolute Gasteiger partial charge is 0.340 e. The summed E-state index contributed by atoms with van der Waals surface area (Å²) in [6.45, 7) is 8.51. The molecule has 0 unspecified atom stereocenters. The molecule has 20 heavy (non-hydrogen) atoms. The first-order chi connectivity index (χ1) is 9.56. The van der Waals surface area contributed by atoms with E-state index in [-0.39, 0.29) is 0 Å². The summed E-state index contributed by atoms with van der Waals surface area (Å²) in [7, 11) is 0.